The molecule has 0 radical (unpaired) electrons. The van der Waals surface area contributed by atoms with Crippen molar-refractivity contribution in [3.63, 3.8) is 0 Å². The van der Waals surface area contributed by atoms with Gasteiger partial charge in [-0.3, -0.25) is 0 Å². The Balaban J connectivity index is 0.000000981. The zero-order chi connectivity index (χ0) is 24.6. The molecule has 2 rings (SSSR count). The highest BCUT2D eigenvalue weighted by molar-refractivity contribution is 5.85. The van der Waals surface area contributed by atoms with Crippen LogP contribution < -0.4 is 0 Å². The summed E-state index contributed by atoms with van der Waals surface area (Å²) in [6.07, 6.45) is 9.60. The molecule has 0 aromatic heterocycles. The Labute approximate surface area is 203 Å². The third-order valence-electron chi connectivity index (χ3n) is 6.01. The van der Waals surface area contributed by atoms with Crippen LogP contribution in [0.15, 0.2) is 48.0 Å². The lowest BCUT2D eigenvalue weighted by molar-refractivity contribution is -0.116. The highest BCUT2D eigenvalue weighted by Crippen LogP contribution is 2.36. The number of carbonyl (C=O) groups is 1. The maximum atomic E-state index is 9.81. The fourth-order valence-electron chi connectivity index (χ4n) is 4.08. The molecule has 33 heavy (non-hydrogen) atoms. The Kier molecular flexibility index (Phi) is 14.4. The van der Waals surface area contributed by atoms with E-state index in [1.165, 1.54) is 59.1 Å². The summed E-state index contributed by atoms with van der Waals surface area (Å²) in [5.74, 6) is 0.255. The van der Waals surface area contributed by atoms with Crippen LogP contribution >= 0.6 is 0 Å². The largest absolute Gasteiger partial charge is 0.396 e. The summed E-state index contributed by atoms with van der Waals surface area (Å²) in [7, 11) is 0. The molecule has 1 N–H and O–H groups in total. The molecule has 0 saturated carbocycles. The number of benzene rings is 2. The highest BCUT2D eigenvalue weighted by Gasteiger charge is 2.17. The number of ketones is 1. The minimum absolute atomic E-state index is 0.200. The molecule has 0 atom stereocenters. The zero-order valence-corrected chi connectivity index (χ0v) is 22.0. The summed E-state index contributed by atoms with van der Waals surface area (Å²) in [5.41, 5.74) is 9.82. The Morgan fingerprint density at radius 1 is 0.848 bits per heavy atom. The minimum atomic E-state index is 0.200. The van der Waals surface area contributed by atoms with E-state index in [1.807, 2.05) is 6.92 Å². The first-order valence-electron chi connectivity index (χ1n) is 12.9. The molecule has 0 aliphatic carbocycles. The van der Waals surface area contributed by atoms with E-state index in [-0.39, 0.29) is 12.4 Å². The molecule has 0 bridgehead atoms. The fourth-order valence-corrected chi connectivity index (χ4v) is 4.08. The maximum Gasteiger partial charge on any atom is 0.129 e. The standard InChI is InChI=1S/C27H38O.C4H8O/c1-5-8-13-23-14-9-10-15-25(23)27(24(11-6-2)12-7-3)26-20-22(18-19-28)17-16-21(26)4;1-3-4(2)5/h9-10,14-17,20,28H,5-8,11-13,18-19H2,1-4H3;3H2,1-2H3. The summed E-state index contributed by atoms with van der Waals surface area (Å²) in [4.78, 5) is 9.81. The van der Waals surface area contributed by atoms with Crippen molar-refractivity contribution in [3.05, 3.63) is 75.9 Å². The van der Waals surface area contributed by atoms with E-state index in [0.717, 1.165) is 25.7 Å². The summed E-state index contributed by atoms with van der Waals surface area (Å²) < 4.78 is 0. The first-order valence-corrected chi connectivity index (χ1v) is 12.9. The number of Topliss-reactive ketones (excluding diaryl/α,β-unsaturated/α-hetero) is 1. The Morgan fingerprint density at radius 3 is 2.03 bits per heavy atom. The highest BCUT2D eigenvalue weighted by atomic mass is 16.2. The molecular formula is C31H46O2. The molecule has 0 aliphatic heterocycles. The van der Waals surface area contributed by atoms with Crippen LogP contribution in [0.5, 0.6) is 0 Å². The third kappa shape index (κ3) is 9.68. The van der Waals surface area contributed by atoms with E-state index in [0.29, 0.717) is 6.42 Å². The number of aliphatic hydroxyl groups excluding tert-OH is 1. The van der Waals surface area contributed by atoms with Crippen LogP contribution in [0.1, 0.15) is 107 Å². The van der Waals surface area contributed by atoms with E-state index < -0.39 is 0 Å². The number of aliphatic hydroxyl groups is 1. The van der Waals surface area contributed by atoms with Gasteiger partial charge in [0.2, 0.25) is 0 Å². The molecule has 2 heteroatoms. The second-order valence-corrected chi connectivity index (χ2v) is 8.92. The lowest BCUT2D eigenvalue weighted by Gasteiger charge is -2.21. The van der Waals surface area contributed by atoms with Crippen LogP contribution in [0.4, 0.5) is 0 Å². The monoisotopic (exact) mass is 450 g/mol. The second kappa shape index (κ2) is 16.4. The van der Waals surface area contributed by atoms with Gasteiger partial charge >= 0.3 is 0 Å². The van der Waals surface area contributed by atoms with E-state index >= 15 is 0 Å². The maximum absolute atomic E-state index is 9.81. The van der Waals surface area contributed by atoms with Crippen LogP contribution in [0.3, 0.4) is 0 Å². The van der Waals surface area contributed by atoms with Gasteiger partial charge < -0.3 is 9.90 Å². The molecule has 0 amide bonds. The van der Waals surface area contributed by atoms with Crippen LogP contribution in [-0.4, -0.2) is 17.5 Å². The number of allylic oxidation sites excluding steroid dienone is 1. The van der Waals surface area contributed by atoms with Gasteiger partial charge in [-0.25, -0.2) is 0 Å². The SMILES string of the molecule is CCC(C)=O.CCCCc1ccccc1C(=C(CCC)CCC)c1cc(CCO)ccc1C. The molecule has 0 unspecified atom stereocenters. The van der Waals surface area contributed by atoms with Gasteiger partial charge in [0.15, 0.2) is 0 Å². The van der Waals surface area contributed by atoms with Crippen LogP contribution in [0.25, 0.3) is 5.57 Å². The van der Waals surface area contributed by atoms with Crippen molar-refractivity contribution in [1.29, 1.82) is 0 Å². The van der Waals surface area contributed by atoms with Gasteiger partial charge in [-0.2, -0.15) is 0 Å². The molecule has 0 saturated heterocycles. The second-order valence-electron chi connectivity index (χ2n) is 8.92. The van der Waals surface area contributed by atoms with Crippen molar-refractivity contribution < 1.29 is 9.90 Å². The van der Waals surface area contributed by atoms with Crippen molar-refractivity contribution >= 4 is 11.4 Å². The first-order chi connectivity index (χ1) is 15.9. The number of hydrogen-bond donors (Lipinski definition) is 1. The van der Waals surface area contributed by atoms with Gasteiger partial charge in [0.05, 0.1) is 0 Å². The number of unbranched alkanes of at least 4 members (excludes halogenated alkanes) is 1. The average Bonchev–Trinajstić information content (AvgIpc) is 2.81. The van der Waals surface area contributed by atoms with E-state index in [2.05, 4.69) is 70.2 Å². The molecule has 0 aliphatic rings. The lowest BCUT2D eigenvalue weighted by atomic mass is 9.83. The molecule has 2 aromatic rings. The van der Waals surface area contributed by atoms with Crippen LogP contribution in [0.2, 0.25) is 0 Å². The van der Waals surface area contributed by atoms with Crippen molar-refractivity contribution in [3.8, 4) is 0 Å². The van der Waals surface area contributed by atoms with Gasteiger partial charge in [-0.15, -0.1) is 0 Å². The Bertz CT molecular complexity index is 868. The first kappa shape index (κ1) is 28.8. The van der Waals surface area contributed by atoms with Gasteiger partial charge in [0.25, 0.3) is 0 Å². The van der Waals surface area contributed by atoms with Crippen molar-refractivity contribution in [1.82, 2.24) is 0 Å². The molecular weight excluding hydrogens is 404 g/mol. The average molecular weight is 451 g/mol. The van der Waals surface area contributed by atoms with Crippen LogP contribution in [0, 0.1) is 6.92 Å². The molecule has 0 spiro atoms. The fraction of sp³-hybridized carbons (Fsp3) is 0.516. The Morgan fingerprint density at radius 2 is 1.48 bits per heavy atom. The molecule has 2 aromatic carbocycles. The van der Waals surface area contributed by atoms with Gasteiger partial charge in [-0.1, -0.05) is 95.0 Å². The normalized spacial score (nSPS) is 10.4. The van der Waals surface area contributed by atoms with Crippen LogP contribution in [-0.2, 0) is 17.6 Å². The summed E-state index contributed by atoms with van der Waals surface area (Å²) in [6, 6.07) is 15.7. The minimum Gasteiger partial charge on any atom is -0.396 e. The lowest BCUT2D eigenvalue weighted by Crippen LogP contribution is -2.03. The van der Waals surface area contributed by atoms with E-state index in [1.54, 1.807) is 12.5 Å². The number of rotatable bonds is 12. The number of carbonyl (C=O) groups excluding carboxylic acids is 1. The number of hydrogen-bond acceptors (Lipinski definition) is 2. The smallest absolute Gasteiger partial charge is 0.129 e. The molecule has 182 valence electrons. The third-order valence-corrected chi connectivity index (χ3v) is 6.01. The van der Waals surface area contributed by atoms with Gasteiger partial charge in [0.1, 0.15) is 5.78 Å². The van der Waals surface area contributed by atoms with Crippen molar-refractivity contribution in [2.45, 2.75) is 99.3 Å². The number of aryl methyl sites for hydroxylation is 2. The van der Waals surface area contributed by atoms with E-state index in [4.69, 9.17) is 0 Å². The van der Waals surface area contributed by atoms with Crippen molar-refractivity contribution in [2.75, 3.05) is 6.61 Å². The van der Waals surface area contributed by atoms with E-state index in [9.17, 15) is 9.90 Å². The molecule has 2 nitrogen and oxygen atoms in total. The predicted octanol–water partition coefficient (Wildman–Crippen LogP) is 8.26. The summed E-state index contributed by atoms with van der Waals surface area (Å²) in [5, 5.41) is 9.44. The topological polar surface area (TPSA) is 37.3 Å². The zero-order valence-electron chi connectivity index (χ0n) is 22.0. The molecule has 0 fully saturated rings. The summed E-state index contributed by atoms with van der Waals surface area (Å²) in [6.45, 7) is 12.7. The predicted molar refractivity (Wildman–Crippen MR) is 144 cm³/mol. The quantitative estimate of drug-likeness (QED) is 0.353. The van der Waals surface area contributed by atoms with Gasteiger partial charge in [-0.05, 0) is 79.3 Å². The van der Waals surface area contributed by atoms with Gasteiger partial charge in [0, 0.05) is 13.0 Å². The Hall–Kier alpha value is -2.19. The summed E-state index contributed by atoms with van der Waals surface area (Å²) >= 11 is 0. The van der Waals surface area contributed by atoms with Crippen molar-refractivity contribution in [2.24, 2.45) is 0 Å². The molecule has 0 heterocycles.